The minimum absolute atomic E-state index is 0.00722. The molecule has 0 unspecified atom stereocenters. The Morgan fingerprint density at radius 3 is 2.47 bits per heavy atom. The highest BCUT2D eigenvalue weighted by Crippen LogP contribution is 2.07. The van der Waals surface area contributed by atoms with Crippen LogP contribution in [-0.4, -0.2) is 42.4 Å². The maximum atomic E-state index is 11.7. The summed E-state index contributed by atoms with van der Waals surface area (Å²) in [6.45, 7) is 5.63. The number of nitrogens with two attached hydrogens (primary N) is 1. The zero-order chi connectivity index (χ0) is 12.8. The molecular formula is C12H23N3O2. The maximum Gasteiger partial charge on any atom is 0.241 e. The van der Waals surface area contributed by atoms with Crippen LogP contribution in [0.5, 0.6) is 0 Å². The van der Waals surface area contributed by atoms with Gasteiger partial charge >= 0.3 is 0 Å². The summed E-state index contributed by atoms with van der Waals surface area (Å²) in [7, 11) is 0. The van der Waals surface area contributed by atoms with E-state index in [-0.39, 0.29) is 24.3 Å². The van der Waals surface area contributed by atoms with E-state index in [4.69, 9.17) is 5.73 Å². The molecule has 1 saturated heterocycles. The number of hydrogen-bond donors (Lipinski definition) is 2. The molecule has 2 amide bonds. The molecule has 0 saturated carbocycles. The van der Waals surface area contributed by atoms with E-state index in [1.165, 1.54) is 0 Å². The Morgan fingerprint density at radius 2 is 1.94 bits per heavy atom. The van der Waals surface area contributed by atoms with Crippen LogP contribution in [0.1, 0.15) is 33.1 Å². The Bertz CT molecular complexity index is 275. The van der Waals surface area contributed by atoms with Crippen LogP contribution < -0.4 is 11.1 Å². The lowest BCUT2D eigenvalue weighted by Gasteiger charge is -2.19. The van der Waals surface area contributed by atoms with Crippen LogP contribution in [0.3, 0.4) is 0 Å². The van der Waals surface area contributed by atoms with Gasteiger partial charge in [-0.2, -0.15) is 0 Å². The maximum absolute atomic E-state index is 11.7. The van der Waals surface area contributed by atoms with E-state index in [0.29, 0.717) is 0 Å². The Morgan fingerprint density at radius 1 is 1.35 bits per heavy atom. The minimum Gasteiger partial charge on any atom is -0.346 e. The van der Waals surface area contributed by atoms with Crippen LogP contribution >= 0.6 is 0 Å². The van der Waals surface area contributed by atoms with E-state index < -0.39 is 6.04 Å². The first kappa shape index (κ1) is 14.0. The molecule has 0 aliphatic carbocycles. The molecule has 1 aliphatic heterocycles. The lowest BCUT2D eigenvalue weighted by atomic mass is 9.99. The highest BCUT2D eigenvalue weighted by molar-refractivity contribution is 5.87. The number of amides is 2. The van der Waals surface area contributed by atoms with Crippen LogP contribution in [0.4, 0.5) is 0 Å². The van der Waals surface area contributed by atoms with E-state index in [0.717, 1.165) is 32.4 Å². The second kappa shape index (κ2) is 6.59. The molecule has 5 heteroatoms. The standard InChI is InChI=1S/C12H23N3O2/c1-3-9(2)11(13)12(17)14-8-10(16)15-6-4-5-7-15/h9,11H,3-8,13H2,1-2H3,(H,14,17)/t9-,11-/m0/s1. The van der Waals surface area contributed by atoms with Gasteiger partial charge in [-0.15, -0.1) is 0 Å². The summed E-state index contributed by atoms with van der Waals surface area (Å²) in [5.41, 5.74) is 5.77. The van der Waals surface area contributed by atoms with Crippen molar-refractivity contribution < 1.29 is 9.59 Å². The van der Waals surface area contributed by atoms with Gasteiger partial charge in [-0.3, -0.25) is 9.59 Å². The van der Waals surface area contributed by atoms with E-state index in [1.807, 2.05) is 13.8 Å². The lowest BCUT2D eigenvalue weighted by Crippen LogP contribution is -2.48. The van der Waals surface area contributed by atoms with Crippen LogP contribution in [0, 0.1) is 5.92 Å². The van der Waals surface area contributed by atoms with Gasteiger partial charge in [0.2, 0.25) is 11.8 Å². The van der Waals surface area contributed by atoms with Gasteiger partial charge in [0.1, 0.15) is 0 Å². The van der Waals surface area contributed by atoms with Crippen molar-refractivity contribution in [3.05, 3.63) is 0 Å². The molecule has 1 heterocycles. The Balaban J connectivity index is 2.29. The van der Waals surface area contributed by atoms with Gasteiger partial charge in [0.25, 0.3) is 0 Å². The van der Waals surface area contributed by atoms with Gasteiger partial charge in [-0.25, -0.2) is 0 Å². The number of rotatable bonds is 5. The Hall–Kier alpha value is -1.10. The fourth-order valence-electron chi connectivity index (χ4n) is 1.87. The third-order valence-corrected chi connectivity index (χ3v) is 3.43. The molecule has 0 aromatic heterocycles. The molecule has 17 heavy (non-hydrogen) atoms. The second-order valence-electron chi connectivity index (χ2n) is 4.72. The van der Waals surface area contributed by atoms with E-state index in [9.17, 15) is 9.59 Å². The zero-order valence-corrected chi connectivity index (χ0v) is 10.7. The van der Waals surface area contributed by atoms with Gasteiger partial charge in [-0.05, 0) is 18.8 Å². The molecule has 5 nitrogen and oxygen atoms in total. The summed E-state index contributed by atoms with van der Waals surface area (Å²) in [5, 5.41) is 2.62. The van der Waals surface area contributed by atoms with Gasteiger partial charge in [0, 0.05) is 13.1 Å². The molecule has 3 N–H and O–H groups in total. The molecule has 1 aliphatic rings. The highest BCUT2D eigenvalue weighted by atomic mass is 16.2. The second-order valence-corrected chi connectivity index (χ2v) is 4.72. The van der Waals surface area contributed by atoms with Crippen LogP contribution in [0.2, 0.25) is 0 Å². The summed E-state index contributed by atoms with van der Waals surface area (Å²) >= 11 is 0. The van der Waals surface area contributed by atoms with Crippen molar-refractivity contribution in [3.8, 4) is 0 Å². The number of nitrogens with zero attached hydrogens (tertiary/aromatic N) is 1. The molecular weight excluding hydrogens is 218 g/mol. The highest BCUT2D eigenvalue weighted by Gasteiger charge is 2.22. The number of carbonyl (C=O) groups is 2. The van der Waals surface area contributed by atoms with E-state index >= 15 is 0 Å². The molecule has 1 rings (SSSR count). The van der Waals surface area contributed by atoms with Crippen molar-refractivity contribution >= 4 is 11.8 Å². The zero-order valence-electron chi connectivity index (χ0n) is 10.7. The first-order valence-electron chi connectivity index (χ1n) is 6.37. The van der Waals surface area contributed by atoms with Crippen LogP contribution in [0.15, 0.2) is 0 Å². The number of nitrogens with one attached hydrogen (secondary N) is 1. The summed E-state index contributed by atoms with van der Waals surface area (Å²) in [6.07, 6.45) is 2.98. The molecule has 0 bridgehead atoms. The number of hydrogen-bond acceptors (Lipinski definition) is 3. The van der Waals surface area contributed by atoms with Crippen molar-refractivity contribution in [1.82, 2.24) is 10.2 Å². The summed E-state index contributed by atoms with van der Waals surface area (Å²) in [5.74, 6) is -0.101. The minimum atomic E-state index is -0.522. The lowest BCUT2D eigenvalue weighted by molar-refractivity contribution is -0.132. The predicted molar refractivity (Wildman–Crippen MR) is 66.3 cm³/mol. The topological polar surface area (TPSA) is 75.4 Å². The SMILES string of the molecule is CC[C@H](C)[C@H](N)C(=O)NCC(=O)N1CCCC1. The summed E-state index contributed by atoms with van der Waals surface area (Å²) in [6, 6.07) is -0.522. The van der Waals surface area contributed by atoms with Gasteiger partial charge in [0.05, 0.1) is 12.6 Å². The van der Waals surface area contributed by atoms with Crippen molar-refractivity contribution in [2.75, 3.05) is 19.6 Å². The predicted octanol–water partition coefficient (Wildman–Crippen LogP) is 0.0984. The first-order valence-corrected chi connectivity index (χ1v) is 6.37. The molecule has 98 valence electrons. The summed E-state index contributed by atoms with van der Waals surface area (Å²) in [4.78, 5) is 25.1. The molecule has 0 aromatic rings. The third-order valence-electron chi connectivity index (χ3n) is 3.43. The number of carbonyl (C=O) groups excluding carboxylic acids is 2. The van der Waals surface area contributed by atoms with E-state index in [1.54, 1.807) is 4.90 Å². The van der Waals surface area contributed by atoms with Gasteiger partial charge < -0.3 is 16.0 Å². The fraction of sp³-hybridized carbons (Fsp3) is 0.833. The summed E-state index contributed by atoms with van der Waals surface area (Å²) < 4.78 is 0. The van der Waals surface area contributed by atoms with Crippen molar-refractivity contribution in [1.29, 1.82) is 0 Å². The van der Waals surface area contributed by atoms with Crippen molar-refractivity contribution in [3.63, 3.8) is 0 Å². The molecule has 1 fully saturated rings. The number of likely N-dealkylation sites (tertiary alicyclic amines) is 1. The normalized spacial score (nSPS) is 18.9. The van der Waals surface area contributed by atoms with Crippen molar-refractivity contribution in [2.24, 2.45) is 11.7 Å². The third kappa shape index (κ3) is 4.00. The average molecular weight is 241 g/mol. The Kier molecular flexibility index (Phi) is 5.41. The first-order chi connectivity index (χ1) is 8.06. The molecule has 0 aromatic carbocycles. The average Bonchev–Trinajstić information content (AvgIpc) is 2.87. The van der Waals surface area contributed by atoms with Crippen molar-refractivity contribution in [2.45, 2.75) is 39.2 Å². The van der Waals surface area contributed by atoms with Crippen LogP contribution in [0.25, 0.3) is 0 Å². The molecule has 0 radical (unpaired) electrons. The largest absolute Gasteiger partial charge is 0.346 e. The van der Waals surface area contributed by atoms with E-state index in [2.05, 4.69) is 5.32 Å². The molecule has 2 atom stereocenters. The quantitative estimate of drug-likeness (QED) is 0.716. The Labute approximate surface area is 103 Å². The monoisotopic (exact) mass is 241 g/mol. The smallest absolute Gasteiger partial charge is 0.241 e. The fourth-order valence-corrected chi connectivity index (χ4v) is 1.87. The van der Waals surface area contributed by atoms with Crippen LogP contribution in [-0.2, 0) is 9.59 Å². The van der Waals surface area contributed by atoms with Gasteiger partial charge in [0.15, 0.2) is 0 Å². The molecule has 0 spiro atoms. The van der Waals surface area contributed by atoms with Gasteiger partial charge in [-0.1, -0.05) is 20.3 Å².